The first-order valence-electron chi connectivity index (χ1n) is 6.36. The highest BCUT2D eigenvalue weighted by atomic mass is 79.9. The molecule has 94 valence electrons. The van der Waals surface area contributed by atoms with E-state index in [1.807, 2.05) is 12.1 Å². The van der Waals surface area contributed by atoms with E-state index < -0.39 is 5.60 Å². The van der Waals surface area contributed by atoms with Gasteiger partial charge in [0.2, 0.25) is 0 Å². The highest BCUT2D eigenvalue weighted by Crippen LogP contribution is 2.42. The van der Waals surface area contributed by atoms with Crippen molar-refractivity contribution in [2.24, 2.45) is 5.41 Å². The number of hydrogen-bond acceptors (Lipinski definition) is 1. The first-order chi connectivity index (χ1) is 7.89. The lowest BCUT2D eigenvalue weighted by molar-refractivity contribution is -0.0382. The summed E-state index contributed by atoms with van der Waals surface area (Å²) in [6.07, 6.45) is 5.00. The van der Waals surface area contributed by atoms with E-state index in [1.165, 1.54) is 12.0 Å². The summed E-state index contributed by atoms with van der Waals surface area (Å²) in [7, 11) is 0. The van der Waals surface area contributed by atoms with Crippen molar-refractivity contribution in [1.82, 2.24) is 0 Å². The van der Waals surface area contributed by atoms with Crippen molar-refractivity contribution in [1.29, 1.82) is 0 Å². The van der Waals surface area contributed by atoms with E-state index in [4.69, 9.17) is 0 Å². The van der Waals surface area contributed by atoms with Crippen LogP contribution in [-0.4, -0.2) is 10.7 Å². The molecule has 1 aromatic carbocycles. The molecule has 1 unspecified atom stereocenters. The zero-order chi connectivity index (χ0) is 12.5. The van der Waals surface area contributed by atoms with Crippen LogP contribution in [0, 0.1) is 5.41 Å². The Labute approximate surface area is 112 Å². The standard InChI is InChI=1S/C15H21BrO/c1-14(2)8-3-9-15(17,11-14)10-12-4-6-13(16)7-5-12/h4-7,17H,3,8-11H2,1-2H3. The largest absolute Gasteiger partial charge is 0.390 e. The fourth-order valence-electron chi connectivity index (χ4n) is 3.10. The molecule has 0 spiro atoms. The number of benzene rings is 1. The average molecular weight is 297 g/mol. The molecule has 0 aromatic heterocycles. The maximum absolute atomic E-state index is 10.7. The first-order valence-corrected chi connectivity index (χ1v) is 7.15. The second-order valence-corrected chi connectivity index (χ2v) is 7.14. The van der Waals surface area contributed by atoms with Crippen LogP contribution in [0.3, 0.4) is 0 Å². The molecule has 1 nitrogen and oxygen atoms in total. The third-order valence-electron chi connectivity index (χ3n) is 3.75. The van der Waals surface area contributed by atoms with Gasteiger partial charge in [-0.25, -0.2) is 0 Å². The van der Waals surface area contributed by atoms with Crippen LogP contribution in [0.4, 0.5) is 0 Å². The summed E-state index contributed by atoms with van der Waals surface area (Å²) < 4.78 is 1.09. The molecule has 0 saturated heterocycles. The minimum Gasteiger partial charge on any atom is -0.390 e. The van der Waals surface area contributed by atoms with Gasteiger partial charge in [0.15, 0.2) is 0 Å². The Morgan fingerprint density at radius 2 is 1.82 bits per heavy atom. The van der Waals surface area contributed by atoms with Gasteiger partial charge in [0.1, 0.15) is 0 Å². The quantitative estimate of drug-likeness (QED) is 0.861. The highest BCUT2D eigenvalue weighted by Gasteiger charge is 2.38. The van der Waals surface area contributed by atoms with Gasteiger partial charge in [-0.3, -0.25) is 0 Å². The van der Waals surface area contributed by atoms with Crippen molar-refractivity contribution >= 4 is 15.9 Å². The van der Waals surface area contributed by atoms with E-state index >= 15 is 0 Å². The molecule has 2 rings (SSSR count). The van der Waals surface area contributed by atoms with Crippen molar-refractivity contribution in [2.45, 2.75) is 51.6 Å². The fourth-order valence-corrected chi connectivity index (χ4v) is 3.36. The van der Waals surface area contributed by atoms with Gasteiger partial charge in [-0.15, -0.1) is 0 Å². The van der Waals surface area contributed by atoms with Gasteiger partial charge < -0.3 is 5.11 Å². The van der Waals surface area contributed by atoms with Gasteiger partial charge in [0, 0.05) is 10.9 Å². The Morgan fingerprint density at radius 3 is 2.41 bits per heavy atom. The fraction of sp³-hybridized carbons (Fsp3) is 0.600. The van der Waals surface area contributed by atoms with Crippen molar-refractivity contribution in [3.63, 3.8) is 0 Å². The minimum absolute atomic E-state index is 0.280. The third-order valence-corrected chi connectivity index (χ3v) is 4.28. The summed E-state index contributed by atoms with van der Waals surface area (Å²) in [5, 5.41) is 10.7. The number of aliphatic hydroxyl groups is 1. The zero-order valence-corrected chi connectivity index (χ0v) is 12.3. The van der Waals surface area contributed by atoms with Crippen molar-refractivity contribution in [3.05, 3.63) is 34.3 Å². The molecule has 0 heterocycles. The van der Waals surface area contributed by atoms with Gasteiger partial charge >= 0.3 is 0 Å². The van der Waals surface area contributed by atoms with Gasteiger partial charge in [-0.2, -0.15) is 0 Å². The van der Waals surface area contributed by atoms with E-state index in [0.717, 1.165) is 30.2 Å². The van der Waals surface area contributed by atoms with E-state index in [1.54, 1.807) is 0 Å². The monoisotopic (exact) mass is 296 g/mol. The molecule has 1 aromatic rings. The summed E-state index contributed by atoms with van der Waals surface area (Å²) in [6, 6.07) is 8.30. The lowest BCUT2D eigenvalue weighted by Gasteiger charge is -2.41. The molecule has 0 aliphatic heterocycles. The van der Waals surface area contributed by atoms with Crippen LogP contribution in [-0.2, 0) is 6.42 Å². The molecule has 1 fully saturated rings. The second-order valence-electron chi connectivity index (χ2n) is 6.22. The Morgan fingerprint density at radius 1 is 1.18 bits per heavy atom. The predicted octanol–water partition coefficient (Wildman–Crippen LogP) is 4.32. The van der Waals surface area contributed by atoms with Gasteiger partial charge in [0.05, 0.1) is 5.60 Å². The lowest BCUT2D eigenvalue weighted by atomic mass is 9.68. The van der Waals surface area contributed by atoms with E-state index in [9.17, 15) is 5.11 Å². The number of halogens is 1. The normalized spacial score (nSPS) is 28.0. The van der Waals surface area contributed by atoms with Crippen LogP contribution in [0.15, 0.2) is 28.7 Å². The number of rotatable bonds is 2. The van der Waals surface area contributed by atoms with Crippen LogP contribution >= 0.6 is 15.9 Å². The van der Waals surface area contributed by atoms with Crippen molar-refractivity contribution in [3.8, 4) is 0 Å². The van der Waals surface area contributed by atoms with E-state index in [0.29, 0.717) is 0 Å². The molecule has 0 radical (unpaired) electrons. The maximum atomic E-state index is 10.7. The highest BCUT2D eigenvalue weighted by molar-refractivity contribution is 9.10. The molecule has 2 heteroatoms. The smallest absolute Gasteiger partial charge is 0.0693 e. The average Bonchev–Trinajstić information content (AvgIpc) is 2.19. The Balaban J connectivity index is 2.09. The molecule has 1 aliphatic rings. The van der Waals surface area contributed by atoms with Crippen LogP contribution in [0.5, 0.6) is 0 Å². The van der Waals surface area contributed by atoms with Gasteiger partial charge in [-0.1, -0.05) is 48.3 Å². The summed E-state index contributed by atoms with van der Waals surface area (Å²) >= 11 is 3.44. The van der Waals surface area contributed by atoms with E-state index in [-0.39, 0.29) is 5.41 Å². The first kappa shape index (κ1) is 13.1. The SMILES string of the molecule is CC1(C)CCCC(O)(Cc2ccc(Br)cc2)C1. The molecule has 0 bridgehead atoms. The minimum atomic E-state index is -0.504. The maximum Gasteiger partial charge on any atom is 0.0693 e. The van der Waals surface area contributed by atoms with Crippen LogP contribution < -0.4 is 0 Å². The Hall–Kier alpha value is -0.340. The molecule has 1 N–H and O–H groups in total. The van der Waals surface area contributed by atoms with Crippen LogP contribution in [0.1, 0.15) is 45.1 Å². The lowest BCUT2D eigenvalue weighted by Crippen LogP contribution is -2.40. The van der Waals surface area contributed by atoms with Crippen LogP contribution in [0.2, 0.25) is 0 Å². The molecule has 1 atom stereocenters. The Kier molecular flexibility index (Phi) is 3.65. The molecular weight excluding hydrogens is 276 g/mol. The number of hydrogen-bond donors (Lipinski definition) is 1. The Bertz CT molecular complexity index is 382. The summed E-state index contributed by atoms with van der Waals surface area (Å²) in [5.74, 6) is 0. The van der Waals surface area contributed by atoms with Gasteiger partial charge in [0.25, 0.3) is 0 Å². The molecule has 1 aliphatic carbocycles. The van der Waals surface area contributed by atoms with E-state index in [2.05, 4.69) is 41.9 Å². The van der Waals surface area contributed by atoms with Gasteiger partial charge in [-0.05, 0) is 42.4 Å². The van der Waals surface area contributed by atoms with Crippen molar-refractivity contribution < 1.29 is 5.11 Å². The third kappa shape index (κ3) is 3.56. The summed E-state index contributed by atoms with van der Waals surface area (Å²) in [4.78, 5) is 0. The molecule has 17 heavy (non-hydrogen) atoms. The van der Waals surface area contributed by atoms with Crippen LogP contribution in [0.25, 0.3) is 0 Å². The topological polar surface area (TPSA) is 20.2 Å². The predicted molar refractivity (Wildman–Crippen MR) is 75.0 cm³/mol. The summed E-state index contributed by atoms with van der Waals surface area (Å²) in [5.41, 5.74) is 1.01. The zero-order valence-electron chi connectivity index (χ0n) is 10.7. The second kappa shape index (κ2) is 4.74. The molecular formula is C15H21BrO. The summed E-state index contributed by atoms with van der Waals surface area (Å²) in [6.45, 7) is 4.53. The van der Waals surface area contributed by atoms with Crippen molar-refractivity contribution in [2.75, 3.05) is 0 Å². The molecule has 0 amide bonds. The molecule has 1 saturated carbocycles.